The largest absolute Gasteiger partial charge is 0.359 e. The molecule has 3 N–H and O–H groups in total. The Labute approximate surface area is 176 Å². The Bertz CT molecular complexity index is 1060. The minimum atomic E-state index is -2.22. The number of carbonyl (C=O) groups is 2. The summed E-state index contributed by atoms with van der Waals surface area (Å²) in [5.74, 6) is -0.695. The van der Waals surface area contributed by atoms with Gasteiger partial charge in [0.2, 0.25) is 0 Å². The predicted molar refractivity (Wildman–Crippen MR) is 114 cm³/mol. The zero-order valence-corrected chi connectivity index (χ0v) is 16.9. The van der Waals surface area contributed by atoms with E-state index in [4.69, 9.17) is 0 Å². The lowest BCUT2D eigenvalue weighted by Gasteiger charge is -2.42. The highest BCUT2D eigenvalue weighted by Gasteiger charge is 2.52. The molecule has 0 spiro atoms. The van der Waals surface area contributed by atoms with Gasteiger partial charge in [0.1, 0.15) is 0 Å². The van der Waals surface area contributed by atoms with Crippen LogP contribution in [-0.2, 0) is 17.1 Å². The maximum atomic E-state index is 13.3. The predicted octanol–water partition coefficient (Wildman–Crippen LogP) is 3.96. The molecular weight excluding hydrogens is 434 g/mol. The molecule has 0 saturated carbocycles. The molecule has 4 rings (SSSR count). The standard InChI is InChI=1S/C22H18BrN3O3/c23-16-11-12-19-18(13-16)22(29,20(27)24-14-15-7-3-1-4-8-15)26(21(28)25-19)17-9-5-2-6-10-17/h1-13,29H,14H2,(H,24,27)(H,25,28)/t22-/m0/s1. The quantitative estimate of drug-likeness (QED) is 0.561. The van der Waals surface area contributed by atoms with Crippen LogP contribution in [0.5, 0.6) is 0 Å². The number of carbonyl (C=O) groups excluding carboxylic acids is 2. The second-order valence-corrected chi connectivity index (χ2v) is 7.55. The van der Waals surface area contributed by atoms with Crippen LogP contribution in [0.15, 0.2) is 83.3 Å². The lowest BCUT2D eigenvalue weighted by Crippen LogP contribution is -2.62. The first-order chi connectivity index (χ1) is 14.0. The fourth-order valence-electron chi connectivity index (χ4n) is 3.36. The van der Waals surface area contributed by atoms with Gasteiger partial charge in [0, 0.05) is 22.3 Å². The van der Waals surface area contributed by atoms with Crippen molar-refractivity contribution >= 4 is 39.2 Å². The van der Waals surface area contributed by atoms with Crippen LogP contribution in [0.3, 0.4) is 0 Å². The molecule has 0 aromatic heterocycles. The van der Waals surface area contributed by atoms with E-state index in [1.165, 1.54) is 0 Å². The van der Waals surface area contributed by atoms with E-state index >= 15 is 0 Å². The molecule has 146 valence electrons. The molecular formula is C22H18BrN3O3. The molecule has 29 heavy (non-hydrogen) atoms. The summed E-state index contributed by atoms with van der Waals surface area (Å²) in [5.41, 5.74) is -0.292. The Morgan fingerprint density at radius 1 is 1.03 bits per heavy atom. The molecule has 0 radical (unpaired) electrons. The monoisotopic (exact) mass is 451 g/mol. The average molecular weight is 452 g/mol. The van der Waals surface area contributed by atoms with Gasteiger partial charge in [-0.3, -0.25) is 9.69 Å². The molecule has 1 heterocycles. The van der Waals surface area contributed by atoms with E-state index in [-0.39, 0.29) is 12.1 Å². The van der Waals surface area contributed by atoms with E-state index < -0.39 is 17.7 Å². The van der Waals surface area contributed by atoms with Crippen molar-refractivity contribution in [1.29, 1.82) is 0 Å². The van der Waals surface area contributed by atoms with Crippen LogP contribution in [0.4, 0.5) is 16.2 Å². The fourth-order valence-corrected chi connectivity index (χ4v) is 3.72. The van der Waals surface area contributed by atoms with Crippen LogP contribution < -0.4 is 15.5 Å². The summed E-state index contributed by atoms with van der Waals surface area (Å²) >= 11 is 3.38. The smallest absolute Gasteiger partial charge is 0.329 e. The highest BCUT2D eigenvalue weighted by atomic mass is 79.9. The molecule has 0 fully saturated rings. The third-order valence-corrected chi connectivity index (χ3v) is 5.25. The summed E-state index contributed by atoms with van der Waals surface area (Å²) in [7, 11) is 0. The molecule has 0 unspecified atom stereocenters. The third-order valence-electron chi connectivity index (χ3n) is 4.75. The van der Waals surface area contributed by atoms with Crippen molar-refractivity contribution in [2.75, 3.05) is 10.2 Å². The molecule has 0 aliphatic carbocycles. The van der Waals surface area contributed by atoms with Gasteiger partial charge >= 0.3 is 6.03 Å². The Morgan fingerprint density at radius 3 is 2.38 bits per heavy atom. The first-order valence-electron chi connectivity index (χ1n) is 9.01. The van der Waals surface area contributed by atoms with Gasteiger partial charge in [-0.05, 0) is 35.9 Å². The second-order valence-electron chi connectivity index (χ2n) is 6.63. The summed E-state index contributed by atoms with van der Waals surface area (Å²) in [6.07, 6.45) is 0. The molecule has 0 saturated heterocycles. The van der Waals surface area contributed by atoms with Gasteiger partial charge in [-0.15, -0.1) is 0 Å². The molecule has 6 nitrogen and oxygen atoms in total. The Hall–Kier alpha value is -3.16. The van der Waals surface area contributed by atoms with Crippen molar-refractivity contribution in [3.05, 3.63) is 94.5 Å². The number of urea groups is 1. The number of nitrogens with one attached hydrogen (secondary N) is 2. The van der Waals surface area contributed by atoms with Crippen LogP contribution in [0, 0.1) is 0 Å². The van der Waals surface area contributed by atoms with E-state index in [0.717, 1.165) is 10.5 Å². The number of nitrogens with zero attached hydrogens (tertiary/aromatic N) is 1. The van der Waals surface area contributed by atoms with E-state index in [2.05, 4.69) is 26.6 Å². The molecule has 3 aromatic rings. The number of fused-ring (bicyclic) bond motifs is 1. The number of anilines is 2. The van der Waals surface area contributed by atoms with Gasteiger partial charge < -0.3 is 15.7 Å². The van der Waals surface area contributed by atoms with Gasteiger partial charge in [0.05, 0.1) is 5.69 Å². The second kappa shape index (κ2) is 7.69. The van der Waals surface area contributed by atoms with Crippen molar-refractivity contribution in [2.24, 2.45) is 0 Å². The van der Waals surface area contributed by atoms with Crippen molar-refractivity contribution in [2.45, 2.75) is 12.3 Å². The maximum absolute atomic E-state index is 13.3. The van der Waals surface area contributed by atoms with Crippen LogP contribution in [0.25, 0.3) is 0 Å². The minimum Gasteiger partial charge on any atom is -0.359 e. The summed E-state index contributed by atoms with van der Waals surface area (Å²) in [6, 6.07) is 22.4. The highest BCUT2D eigenvalue weighted by molar-refractivity contribution is 9.10. The number of rotatable bonds is 4. The summed E-state index contributed by atoms with van der Waals surface area (Å²) in [4.78, 5) is 27.3. The van der Waals surface area contributed by atoms with Crippen LogP contribution >= 0.6 is 15.9 Å². The van der Waals surface area contributed by atoms with Gasteiger partial charge in [0.15, 0.2) is 0 Å². The SMILES string of the molecule is O=C1Nc2ccc(Br)cc2[C@](O)(C(=O)NCc2ccccc2)N1c1ccccc1. The topological polar surface area (TPSA) is 81.7 Å². The van der Waals surface area contributed by atoms with Gasteiger partial charge in [0.25, 0.3) is 11.6 Å². The Balaban J connectivity index is 1.79. The molecule has 3 aromatic carbocycles. The third kappa shape index (κ3) is 3.50. The number of para-hydroxylation sites is 1. The number of hydrogen-bond donors (Lipinski definition) is 3. The molecule has 0 bridgehead atoms. The lowest BCUT2D eigenvalue weighted by atomic mass is 9.94. The zero-order valence-electron chi connectivity index (χ0n) is 15.3. The lowest BCUT2D eigenvalue weighted by molar-refractivity contribution is -0.140. The molecule has 1 aliphatic rings. The minimum absolute atomic E-state index is 0.218. The molecule has 1 aliphatic heterocycles. The molecule has 7 heteroatoms. The number of benzene rings is 3. The first kappa shape index (κ1) is 19.2. The maximum Gasteiger partial charge on any atom is 0.329 e. The highest BCUT2D eigenvalue weighted by Crippen LogP contribution is 2.40. The van der Waals surface area contributed by atoms with Crippen molar-refractivity contribution < 1.29 is 14.7 Å². The van der Waals surface area contributed by atoms with Crippen molar-refractivity contribution in [1.82, 2.24) is 5.32 Å². The van der Waals surface area contributed by atoms with E-state index in [9.17, 15) is 14.7 Å². The van der Waals surface area contributed by atoms with E-state index in [0.29, 0.717) is 15.8 Å². The van der Waals surface area contributed by atoms with Crippen LogP contribution in [0.1, 0.15) is 11.1 Å². The van der Waals surface area contributed by atoms with Crippen LogP contribution in [-0.4, -0.2) is 17.0 Å². The summed E-state index contributed by atoms with van der Waals surface area (Å²) < 4.78 is 0.676. The number of amides is 3. The van der Waals surface area contributed by atoms with Gasteiger partial charge in [-0.1, -0.05) is 64.5 Å². The Kier molecular flexibility index (Phi) is 5.08. The number of halogens is 1. The van der Waals surface area contributed by atoms with Gasteiger partial charge in [-0.25, -0.2) is 4.79 Å². The molecule has 1 atom stereocenters. The zero-order chi connectivity index (χ0) is 20.4. The average Bonchev–Trinajstić information content (AvgIpc) is 2.74. The first-order valence-corrected chi connectivity index (χ1v) is 9.80. The molecule has 3 amide bonds. The number of aliphatic hydroxyl groups is 1. The number of hydrogen-bond acceptors (Lipinski definition) is 3. The Morgan fingerprint density at radius 2 is 1.69 bits per heavy atom. The van der Waals surface area contributed by atoms with Crippen LogP contribution in [0.2, 0.25) is 0 Å². The van der Waals surface area contributed by atoms with Crippen molar-refractivity contribution in [3.63, 3.8) is 0 Å². The fraction of sp³-hybridized carbons (Fsp3) is 0.0909. The van der Waals surface area contributed by atoms with E-state index in [1.807, 2.05) is 30.3 Å². The van der Waals surface area contributed by atoms with Crippen molar-refractivity contribution in [3.8, 4) is 0 Å². The summed E-state index contributed by atoms with van der Waals surface area (Å²) in [6.45, 7) is 0.218. The van der Waals surface area contributed by atoms with Gasteiger partial charge in [-0.2, -0.15) is 0 Å². The van der Waals surface area contributed by atoms with E-state index in [1.54, 1.807) is 48.5 Å². The normalized spacial score (nSPS) is 18.0. The summed E-state index contributed by atoms with van der Waals surface area (Å²) in [5, 5.41) is 17.2.